The van der Waals surface area contributed by atoms with E-state index in [2.05, 4.69) is 17.1 Å². The molecule has 5 heteroatoms. The zero-order valence-corrected chi connectivity index (χ0v) is 12.7. The number of hydrogen-bond acceptors (Lipinski definition) is 3. The van der Waals surface area contributed by atoms with Crippen LogP contribution in [-0.4, -0.2) is 43.8 Å². The number of ether oxygens (including phenoxy) is 1. The van der Waals surface area contributed by atoms with Gasteiger partial charge in [-0.2, -0.15) is 0 Å². The summed E-state index contributed by atoms with van der Waals surface area (Å²) in [7, 11) is 0. The molecule has 2 rings (SSSR count). The summed E-state index contributed by atoms with van der Waals surface area (Å²) in [5.74, 6) is 0. The van der Waals surface area contributed by atoms with Crippen molar-refractivity contribution in [3.05, 3.63) is 33.8 Å². The third-order valence-electron chi connectivity index (χ3n) is 3.32. The molecule has 1 saturated heterocycles. The largest absolute Gasteiger partial charge is 0.379 e. The molecule has 1 fully saturated rings. The Kier molecular flexibility index (Phi) is 5.92. The monoisotopic (exact) mass is 302 g/mol. The van der Waals surface area contributed by atoms with Crippen molar-refractivity contribution in [2.24, 2.45) is 0 Å². The zero-order valence-electron chi connectivity index (χ0n) is 11.2. The van der Waals surface area contributed by atoms with Gasteiger partial charge >= 0.3 is 0 Å². The number of benzene rings is 1. The summed E-state index contributed by atoms with van der Waals surface area (Å²) in [5.41, 5.74) is 0.972. The molecule has 1 N–H and O–H groups in total. The highest BCUT2D eigenvalue weighted by Gasteiger charge is 2.14. The van der Waals surface area contributed by atoms with Crippen molar-refractivity contribution in [1.29, 1.82) is 0 Å². The molecule has 0 aliphatic carbocycles. The van der Waals surface area contributed by atoms with Crippen molar-refractivity contribution in [2.45, 2.75) is 19.5 Å². The first-order chi connectivity index (χ1) is 9.16. The summed E-state index contributed by atoms with van der Waals surface area (Å²) in [6.45, 7) is 7.60. The Morgan fingerprint density at radius 1 is 1.26 bits per heavy atom. The average molecular weight is 303 g/mol. The van der Waals surface area contributed by atoms with E-state index in [1.165, 1.54) is 0 Å². The molecule has 0 radical (unpaired) electrons. The summed E-state index contributed by atoms with van der Waals surface area (Å²) >= 11 is 12.3. The highest BCUT2D eigenvalue weighted by molar-refractivity contribution is 6.35. The van der Waals surface area contributed by atoms with Gasteiger partial charge in [-0.15, -0.1) is 0 Å². The Labute approximate surface area is 124 Å². The highest BCUT2D eigenvalue weighted by Crippen LogP contribution is 2.23. The van der Waals surface area contributed by atoms with E-state index in [9.17, 15) is 0 Å². The average Bonchev–Trinajstić information content (AvgIpc) is 2.39. The number of halogens is 2. The van der Waals surface area contributed by atoms with E-state index in [1.807, 2.05) is 18.2 Å². The first-order valence-corrected chi connectivity index (χ1v) is 7.39. The number of nitrogens with zero attached hydrogens (tertiary/aromatic N) is 1. The van der Waals surface area contributed by atoms with Crippen LogP contribution in [0.15, 0.2) is 18.2 Å². The second kappa shape index (κ2) is 7.46. The molecule has 0 amide bonds. The molecule has 106 valence electrons. The van der Waals surface area contributed by atoms with Gasteiger partial charge in [-0.3, -0.25) is 4.90 Å². The van der Waals surface area contributed by atoms with Crippen LogP contribution in [0.5, 0.6) is 0 Å². The van der Waals surface area contributed by atoms with Crippen LogP contribution in [0.25, 0.3) is 0 Å². The smallest absolute Gasteiger partial charge is 0.0594 e. The normalized spacial score (nSPS) is 18.5. The van der Waals surface area contributed by atoms with Gasteiger partial charge in [-0.05, 0) is 19.1 Å². The van der Waals surface area contributed by atoms with Crippen LogP contribution in [0.3, 0.4) is 0 Å². The zero-order chi connectivity index (χ0) is 13.7. The lowest BCUT2D eigenvalue weighted by Gasteiger charge is -2.29. The molecular weight excluding hydrogens is 283 g/mol. The lowest BCUT2D eigenvalue weighted by molar-refractivity contribution is 0.0343. The van der Waals surface area contributed by atoms with E-state index in [0.717, 1.165) is 48.5 Å². The maximum Gasteiger partial charge on any atom is 0.0594 e. The van der Waals surface area contributed by atoms with E-state index in [0.29, 0.717) is 12.6 Å². The lowest BCUT2D eigenvalue weighted by Crippen LogP contribution is -2.44. The van der Waals surface area contributed by atoms with Crippen LogP contribution in [0.1, 0.15) is 12.5 Å². The fourth-order valence-electron chi connectivity index (χ4n) is 2.21. The predicted molar refractivity (Wildman–Crippen MR) is 80.0 cm³/mol. The van der Waals surface area contributed by atoms with Gasteiger partial charge in [0.1, 0.15) is 0 Å². The third kappa shape index (κ3) is 4.62. The van der Waals surface area contributed by atoms with Crippen LogP contribution in [0, 0.1) is 0 Å². The van der Waals surface area contributed by atoms with Gasteiger partial charge in [0.05, 0.1) is 13.2 Å². The molecule has 0 spiro atoms. The van der Waals surface area contributed by atoms with Crippen LogP contribution in [-0.2, 0) is 11.3 Å². The van der Waals surface area contributed by atoms with Crippen molar-refractivity contribution < 1.29 is 4.74 Å². The summed E-state index contributed by atoms with van der Waals surface area (Å²) in [5, 5.41) is 4.92. The van der Waals surface area contributed by atoms with Crippen molar-refractivity contribution in [2.75, 3.05) is 32.8 Å². The molecule has 19 heavy (non-hydrogen) atoms. The van der Waals surface area contributed by atoms with E-state index in [4.69, 9.17) is 27.9 Å². The van der Waals surface area contributed by atoms with Gasteiger partial charge in [0.15, 0.2) is 0 Å². The van der Waals surface area contributed by atoms with Gasteiger partial charge < -0.3 is 10.1 Å². The Morgan fingerprint density at radius 3 is 2.53 bits per heavy atom. The number of nitrogens with one attached hydrogen (secondary N) is 1. The van der Waals surface area contributed by atoms with Crippen molar-refractivity contribution in [3.8, 4) is 0 Å². The van der Waals surface area contributed by atoms with E-state index in [-0.39, 0.29) is 0 Å². The van der Waals surface area contributed by atoms with Gasteiger partial charge in [0.2, 0.25) is 0 Å². The molecule has 1 heterocycles. The van der Waals surface area contributed by atoms with Crippen molar-refractivity contribution in [3.63, 3.8) is 0 Å². The summed E-state index contributed by atoms with van der Waals surface area (Å²) in [4.78, 5) is 2.41. The van der Waals surface area contributed by atoms with Crippen LogP contribution in [0.4, 0.5) is 0 Å². The summed E-state index contributed by atoms with van der Waals surface area (Å²) in [6.07, 6.45) is 0. The minimum atomic E-state index is 0.394. The molecule has 1 aliphatic heterocycles. The van der Waals surface area contributed by atoms with E-state index < -0.39 is 0 Å². The minimum absolute atomic E-state index is 0.394. The quantitative estimate of drug-likeness (QED) is 0.905. The SMILES string of the molecule is CC(CN1CCOCC1)NCc1c(Cl)cccc1Cl. The Hall–Kier alpha value is -0.320. The molecule has 1 unspecified atom stereocenters. The second-order valence-corrected chi connectivity index (χ2v) is 5.71. The van der Waals surface area contributed by atoms with Gasteiger partial charge in [-0.1, -0.05) is 29.3 Å². The summed E-state index contributed by atoms with van der Waals surface area (Å²) in [6, 6.07) is 6.00. The Morgan fingerprint density at radius 2 is 1.89 bits per heavy atom. The van der Waals surface area contributed by atoms with Gasteiger partial charge in [0.25, 0.3) is 0 Å². The van der Waals surface area contributed by atoms with Crippen LogP contribution < -0.4 is 5.32 Å². The highest BCUT2D eigenvalue weighted by atomic mass is 35.5. The van der Waals surface area contributed by atoms with Gasteiger partial charge in [-0.25, -0.2) is 0 Å². The molecule has 0 bridgehead atoms. The standard InChI is InChI=1S/C14H20Cl2N2O/c1-11(10-18-5-7-19-8-6-18)17-9-12-13(15)3-2-4-14(12)16/h2-4,11,17H,5-10H2,1H3. The van der Waals surface area contributed by atoms with E-state index >= 15 is 0 Å². The molecule has 1 aliphatic rings. The first-order valence-electron chi connectivity index (χ1n) is 6.63. The number of morpholine rings is 1. The van der Waals surface area contributed by atoms with Crippen molar-refractivity contribution >= 4 is 23.2 Å². The van der Waals surface area contributed by atoms with Gasteiger partial charge in [0, 0.05) is 47.8 Å². The molecule has 1 aromatic carbocycles. The van der Waals surface area contributed by atoms with Crippen LogP contribution >= 0.6 is 23.2 Å². The second-order valence-electron chi connectivity index (χ2n) is 4.90. The minimum Gasteiger partial charge on any atom is -0.379 e. The fourth-order valence-corrected chi connectivity index (χ4v) is 2.74. The van der Waals surface area contributed by atoms with E-state index in [1.54, 1.807) is 0 Å². The maximum absolute atomic E-state index is 6.15. The molecule has 0 saturated carbocycles. The molecular formula is C14H20Cl2N2O. The predicted octanol–water partition coefficient (Wildman–Crippen LogP) is 2.80. The Balaban J connectivity index is 1.81. The fraction of sp³-hybridized carbons (Fsp3) is 0.571. The first kappa shape index (κ1) is 15.1. The number of hydrogen-bond donors (Lipinski definition) is 1. The summed E-state index contributed by atoms with van der Waals surface area (Å²) < 4.78 is 5.35. The van der Waals surface area contributed by atoms with Crippen LogP contribution in [0.2, 0.25) is 10.0 Å². The third-order valence-corrected chi connectivity index (χ3v) is 4.03. The molecule has 0 aromatic heterocycles. The molecule has 1 atom stereocenters. The maximum atomic E-state index is 6.15. The lowest BCUT2D eigenvalue weighted by atomic mass is 10.2. The number of rotatable bonds is 5. The van der Waals surface area contributed by atoms with Crippen molar-refractivity contribution in [1.82, 2.24) is 10.2 Å². The molecule has 3 nitrogen and oxygen atoms in total. The Bertz CT molecular complexity index is 388. The topological polar surface area (TPSA) is 24.5 Å². The molecule has 1 aromatic rings.